The number of carbonyl (C=O) groups is 1. The van der Waals surface area contributed by atoms with Crippen molar-refractivity contribution in [2.45, 2.75) is 6.92 Å². The number of halogens is 1. The normalized spacial score (nSPS) is 11.1. The molecular formula is C12H8BrN3O3. The Balaban J connectivity index is 2.16. The third-order valence-electron chi connectivity index (χ3n) is 2.69. The maximum Gasteiger partial charge on any atom is 0.355 e. The minimum Gasteiger partial charge on any atom is -0.476 e. The highest BCUT2D eigenvalue weighted by molar-refractivity contribution is 9.10. The fourth-order valence-electron chi connectivity index (χ4n) is 1.85. The lowest BCUT2D eigenvalue weighted by Gasteiger charge is -1.97. The Bertz CT molecular complexity index is 791. The van der Waals surface area contributed by atoms with Crippen LogP contribution in [0.2, 0.25) is 0 Å². The molecule has 1 aromatic carbocycles. The summed E-state index contributed by atoms with van der Waals surface area (Å²) in [4.78, 5) is 15.2. The lowest BCUT2D eigenvalue weighted by molar-refractivity contribution is 0.0689. The summed E-state index contributed by atoms with van der Waals surface area (Å²) in [5.41, 5.74) is 2.70. The van der Waals surface area contributed by atoms with Crippen LogP contribution in [0.5, 0.6) is 0 Å². The summed E-state index contributed by atoms with van der Waals surface area (Å²) in [6, 6.07) is 5.39. The van der Waals surface area contributed by atoms with Gasteiger partial charge in [0.15, 0.2) is 17.2 Å². The standard InChI is InChI=1S/C12H8BrN3O3/c1-5-14-7-4-6(2-3-8(7)19-5)10-9(13)11(12(17)18)16-15-10/h2-4H,1H3,(H,15,16)(H,17,18). The number of nitrogens with one attached hydrogen (secondary N) is 1. The number of fused-ring (bicyclic) bond motifs is 1. The zero-order chi connectivity index (χ0) is 13.6. The summed E-state index contributed by atoms with van der Waals surface area (Å²) in [6.45, 7) is 1.77. The molecule has 0 unspecified atom stereocenters. The van der Waals surface area contributed by atoms with E-state index in [9.17, 15) is 4.79 Å². The van der Waals surface area contributed by atoms with E-state index in [4.69, 9.17) is 9.52 Å². The molecule has 0 aliphatic heterocycles. The topological polar surface area (TPSA) is 92.0 Å². The van der Waals surface area contributed by atoms with Crippen LogP contribution in [0.25, 0.3) is 22.4 Å². The zero-order valence-electron chi connectivity index (χ0n) is 9.77. The second-order valence-corrected chi connectivity index (χ2v) is 4.77. The van der Waals surface area contributed by atoms with Gasteiger partial charge in [-0.1, -0.05) is 0 Å². The van der Waals surface area contributed by atoms with Crippen LogP contribution in [-0.4, -0.2) is 26.3 Å². The Hall–Kier alpha value is -2.15. The van der Waals surface area contributed by atoms with Gasteiger partial charge >= 0.3 is 5.97 Å². The maximum atomic E-state index is 11.0. The van der Waals surface area contributed by atoms with Crippen molar-refractivity contribution in [1.82, 2.24) is 15.2 Å². The molecule has 0 fully saturated rings. The van der Waals surface area contributed by atoms with E-state index in [1.54, 1.807) is 25.1 Å². The fourth-order valence-corrected chi connectivity index (χ4v) is 2.43. The van der Waals surface area contributed by atoms with Crippen LogP contribution in [0.4, 0.5) is 0 Å². The van der Waals surface area contributed by atoms with Gasteiger partial charge in [-0.15, -0.1) is 0 Å². The van der Waals surface area contributed by atoms with Gasteiger partial charge in [0.05, 0.1) is 4.47 Å². The van der Waals surface area contributed by atoms with Gasteiger partial charge in [0.1, 0.15) is 11.2 Å². The first-order valence-corrected chi connectivity index (χ1v) is 6.20. The predicted octanol–water partition coefficient (Wildman–Crippen LogP) is 2.99. The monoisotopic (exact) mass is 321 g/mol. The number of benzene rings is 1. The number of hydrogen-bond acceptors (Lipinski definition) is 4. The third kappa shape index (κ3) is 1.91. The zero-order valence-corrected chi connectivity index (χ0v) is 11.4. The van der Waals surface area contributed by atoms with Crippen LogP contribution in [0.3, 0.4) is 0 Å². The summed E-state index contributed by atoms with van der Waals surface area (Å²) < 4.78 is 5.80. The number of oxazole rings is 1. The molecule has 0 radical (unpaired) electrons. The Labute approximate surface area is 115 Å². The van der Waals surface area contributed by atoms with Crippen molar-refractivity contribution in [2.75, 3.05) is 0 Å². The molecule has 3 rings (SSSR count). The molecule has 0 aliphatic carbocycles. The first-order valence-electron chi connectivity index (χ1n) is 5.41. The third-order valence-corrected chi connectivity index (χ3v) is 3.46. The Kier molecular flexibility index (Phi) is 2.63. The minimum atomic E-state index is -1.07. The second-order valence-electron chi connectivity index (χ2n) is 3.98. The Morgan fingerprint density at radius 2 is 2.26 bits per heavy atom. The van der Waals surface area contributed by atoms with Crippen molar-refractivity contribution in [3.05, 3.63) is 34.3 Å². The van der Waals surface area contributed by atoms with E-state index < -0.39 is 5.97 Å². The van der Waals surface area contributed by atoms with Crippen molar-refractivity contribution < 1.29 is 14.3 Å². The number of rotatable bonds is 2. The largest absolute Gasteiger partial charge is 0.476 e. The van der Waals surface area contributed by atoms with Crippen molar-refractivity contribution in [1.29, 1.82) is 0 Å². The first-order chi connectivity index (χ1) is 9.06. The average molecular weight is 322 g/mol. The molecule has 7 heteroatoms. The number of carboxylic acid groups (broad SMARTS) is 1. The molecule has 19 heavy (non-hydrogen) atoms. The molecule has 6 nitrogen and oxygen atoms in total. The van der Waals surface area contributed by atoms with Crippen molar-refractivity contribution in [2.24, 2.45) is 0 Å². The number of carboxylic acids is 1. The van der Waals surface area contributed by atoms with Gasteiger partial charge in [0.2, 0.25) is 0 Å². The Morgan fingerprint density at radius 1 is 1.47 bits per heavy atom. The molecule has 0 saturated carbocycles. The molecule has 2 heterocycles. The lowest BCUT2D eigenvalue weighted by Crippen LogP contribution is -1.96. The lowest BCUT2D eigenvalue weighted by atomic mass is 10.1. The van der Waals surface area contributed by atoms with E-state index in [1.807, 2.05) is 0 Å². The molecule has 0 aliphatic rings. The molecule has 0 atom stereocenters. The van der Waals surface area contributed by atoms with E-state index in [0.29, 0.717) is 27.2 Å². The number of aromatic carboxylic acids is 1. The van der Waals surface area contributed by atoms with Gasteiger partial charge in [-0.05, 0) is 34.1 Å². The molecule has 96 valence electrons. The SMILES string of the molecule is Cc1nc2cc(-c3n[nH]c(C(=O)O)c3Br)ccc2o1. The first kappa shape index (κ1) is 11.9. The number of aromatic nitrogens is 3. The number of H-pyrrole nitrogens is 1. The molecule has 0 bridgehead atoms. The smallest absolute Gasteiger partial charge is 0.355 e. The highest BCUT2D eigenvalue weighted by atomic mass is 79.9. The molecule has 2 aromatic heterocycles. The van der Waals surface area contributed by atoms with E-state index in [0.717, 1.165) is 5.56 Å². The molecule has 3 aromatic rings. The minimum absolute atomic E-state index is 0.0198. The fraction of sp³-hybridized carbons (Fsp3) is 0.0833. The van der Waals surface area contributed by atoms with Crippen LogP contribution in [0, 0.1) is 6.92 Å². The van der Waals surface area contributed by atoms with E-state index in [1.165, 1.54) is 0 Å². The van der Waals surface area contributed by atoms with Crippen LogP contribution < -0.4 is 0 Å². The molecule has 0 spiro atoms. The van der Waals surface area contributed by atoms with Crippen molar-refractivity contribution in [3.8, 4) is 11.3 Å². The summed E-state index contributed by atoms with van der Waals surface area (Å²) in [6.07, 6.45) is 0. The van der Waals surface area contributed by atoms with Gasteiger partial charge in [-0.2, -0.15) is 5.10 Å². The number of aromatic amines is 1. The summed E-state index contributed by atoms with van der Waals surface area (Å²) in [5, 5.41) is 15.5. The van der Waals surface area contributed by atoms with Gasteiger partial charge in [0, 0.05) is 12.5 Å². The van der Waals surface area contributed by atoms with E-state index >= 15 is 0 Å². The number of hydrogen-bond donors (Lipinski definition) is 2. The number of nitrogens with zero attached hydrogens (tertiary/aromatic N) is 2. The molecule has 0 saturated heterocycles. The second kappa shape index (κ2) is 4.20. The van der Waals surface area contributed by atoms with Gasteiger partial charge in [0.25, 0.3) is 0 Å². The summed E-state index contributed by atoms with van der Waals surface area (Å²) in [7, 11) is 0. The maximum absolute atomic E-state index is 11.0. The predicted molar refractivity (Wildman–Crippen MR) is 71.0 cm³/mol. The molecule has 0 amide bonds. The molecular weight excluding hydrogens is 314 g/mol. The quantitative estimate of drug-likeness (QED) is 0.757. The van der Waals surface area contributed by atoms with Crippen LogP contribution in [0.1, 0.15) is 16.4 Å². The van der Waals surface area contributed by atoms with Crippen LogP contribution >= 0.6 is 15.9 Å². The molecule has 2 N–H and O–H groups in total. The van der Waals surface area contributed by atoms with E-state index in [2.05, 4.69) is 31.1 Å². The Morgan fingerprint density at radius 3 is 2.95 bits per heavy atom. The van der Waals surface area contributed by atoms with Gasteiger partial charge in [-0.3, -0.25) is 5.10 Å². The van der Waals surface area contributed by atoms with Crippen molar-refractivity contribution >= 4 is 33.0 Å². The highest BCUT2D eigenvalue weighted by Gasteiger charge is 2.18. The highest BCUT2D eigenvalue weighted by Crippen LogP contribution is 2.30. The van der Waals surface area contributed by atoms with Crippen LogP contribution in [0.15, 0.2) is 27.1 Å². The summed E-state index contributed by atoms with van der Waals surface area (Å²) >= 11 is 3.24. The van der Waals surface area contributed by atoms with E-state index in [-0.39, 0.29) is 5.69 Å². The van der Waals surface area contributed by atoms with Gasteiger partial charge in [-0.25, -0.2) is 9.78 Å². The van der Waals surface area contributed by atoms with Crippen molar-refractivity contribution in [3.63, 3.8) is 0 Å². The summed E-state index contributed by atoms with van der Waals surface area (Å²) in [5.74, 6) is -0.483. The number of aryl methyl sites for hydroxylation is 1. The van der Waals surface area contributed by atoms with Gasteiger partial charge < -0.3 is 9.52 Å². The average Bonchev–Trinajstić information content (AvgIpc) is 2.89. The van der Waals surface area contributed by atoms with Crippen LogP contribution in [-0.2, 0) is 0 Å².